The number of carbonyl (C=O) groups is 1. The summed E-state index contributed by atoms with van der Waals surface area (Å²) in [5.41, 5.74) is 0. The van der Waals surface area contributed by atoms with Gasteiger partial charge >= 0.3 is 0 Å². The zero-order chi connectivity index (χ0) is 20.8. The molecule has 0 saturated carbocycles. The summed E-state index contributed by atoms with van der Waals surface area (Å²) in [6, 6.07) is 31.7. The molecule has 0 unspecified atom stereocenters. The van der Waals surface area contributed by atoms with Gasteiger partial charge in [0, 0.05) is 6.61 Å². The van der Waals surface area contributed by atoms with Crippen LogP contribution in [0.2, 0.25) is 0 Å². The number of nitrogens with one attached hydrogen (secondary N) is 1. The van der Waals surface area contributed by atoms with Crippen LogP contribution in [0.3, 0.4) is 0 Å². The molecule has 5 heteroatoms. The largest absolute Gasteiger partial charge is 0.404 e. The lowest BCUT2D eigenvalue weighted by Gasteiger charge is -2.34. The van der Waals surface area contributed by atoms with Crippen molar-refractivity contribution in [1.82, 2.24) is 5.32 Å². The van der Waals surface area contributed by atoms with Gasteiger partial charge in [0.25, 0.3) is 8.32 Å². The van der Waals surface area contributed by atoms with E-state index < -0.39 is 8.32 Å². The van der Waals surface area contributed by atoms with Gasteiger partial charge in [0.1, 0.15) is 6.23 Å². The van der Waals surface area contributed by atoms with Gasteiger partial charge in [-0.2, -0.15) is 0 Å². The fourth-order valence-corrected chi connectivity index (χ4v) is 7.81. The highest BCUT2D eigenvalue weighted by atomic mass is 28.4. The Morgan fingerprint density at radius 3 is 1.70 bits per heavy atom. The van der Waals surface area contributed by atoms with Gasteiger partial charge in [0.2, 0.25) is 5.91 Å². The minimum Gasteiger partial charge on any atom is -0.404 e. The average Bonchev–Trinajstić information content (AvgIpc) is 2.78. The second-order valence-electron chi connectivity index (χ2n) is 7.62. The summed E-state index contributed by atoms with van der Waals surface area (Å²) in [6.07, 6.45) is 1.05. The molecule has 2 atom stereocenters. The maximum atomic E-state index is 11.1. The molecule has 4 rings (SSSR count). The lowest BCUT2D eigenvalue weighted by Crippen LogP contribution is -2.69. The molecule has 0 radical (unpaired) electrons. The van der Waals surface area contributed by atoms with Crippen molar-refractivity contribution in [3.8, 4) is 0 Å². The first-order valence-electron chi connectivity index (χ1n) is 10.4. The summed E-state index contributed by atoms with van der Waals surface area (Å²) >= 11 is 0. The average molecular weight is 418 g/mol. The van der Waals surface area contributed by atoms with Gasteiger partial charge in [0.05, 0.1) is 12.5 Å². The highest BCUT2D eigenvalue weighted by Crippen LogP contribution is 2.14. The second kappa shape index (κ2) is 9.39. The molecule has 0 spiro atoms. The van der Waals surface area contributed by atoms with E-state index in [4.69, 9.17) is 9.16 Å². The number of hydrogen-bond acceptors (Lipinski definition) is 3. The summed E-state index contributed by atoms with van der Waals surface area (Å²) in [7, 11) is -2.66. The molecular formula is C25H27NO3Si. The minimum absolute atomic E-state index is 0.00428. The summed E-state index contributed by atoms with van der Waals surface area (Å²) in [5, 5.41) is 6.44. The number of hydrogen-bond donors (Lipinski definition) is 1. The van der Waals surface area contributed by atoms with Crippen LogP contribution in [0.1, 0.15) is 19.8 Å². The molecule has 1 aliphatic heterocycles. The van der Waals surface area contributed by atoms with Crippen LogP contribution in [0.5, 0.6) is 0 Å². The van der Waals surface area contributed by atoms with Gasteiger partial charge in [-0.05, 0) is 28.9 Å². The Hall–Kier alpha value is -2.73. The Morgan fingerprint density at radius 1 is 0.867 bits per heavy atom. The van der Waals surface area contributed by atoms with Crippen molar-refractivity contribution >= 4 is 29.8 Å². The fraction of sp³-hybridized carbons (Fsp3) is 0.240. The van der Waals surface area contributed by atoms with Crippen molar-refractivity contribution in [1.29, 1.82) is 0 Å². The van der Waals surface area contributed by atoms with Gasteiger partial charge in [-0.25, -0.2) is 0 Å². The lowest BCUT2D eigenvalue weighted by atomic mass is 10.2. The van der Waals surface area contributed by atoms with Gasteiger partial charge < -0.3 is 14.5 Å². The molecule has 0 bridgehead atoms. The normalized spacial score (nSPS) is 17.1. The highest BCUT2D eigenvalue weighted by molar-refractivity contribution is 7.07. The zero-order valence-corrected chi connectivity index (χ0v) is 18.2. The summed E-state index contributed by atoms with van der Waals surface area (Å²) in [4.78, 5) is 11.1. The van der Waals surface area contributed by atoms with E-state index in [2.05, 4.69) is 78.1 Å². The van der Waals surface area contributed by atoms with E-state index in [0.717, 1.165) is 6.42 Å². The topological polar surface area (TPSA) is 47.6 Å². The molecule has 3 aromatic carbocycles. The fourth-order valence-electron chi connectivity index (χ4n) is 3.90. The first-order valence-corrected chi connectivity index (χ1v) is 12.3. The van der Waals surface area contributed by atoms with Crippen LogP contribution in [0.4, 0.5) is 0 Å². The van der Waals surface area contributed by atoms with Gasteiger partial charge in [-0.1, -0.05) is 91.0 Å². The van der Waals surface area contributed by atoms with Crippen LogP contribution < -0.4 is 20.9 Å². The van der Waals surface area contributed by atoms with Crippen LogP contribution in [0.15, 0.2) is 91.0 Å². The SMILES string of the molecule is C[C@H](CCO[Si](c1ccccc1)(c1ccccc1)c1ccccc1)O[C@@H]1CC(=O)N1. The van der Waals surface area contributed by atoms with E-state index in [1.165, 1.54) is 15.6 Å². The van der Waals surface area contributed by atoms with Crippen LogP contribution in [-0.2, 0) is 14.0 Å². The molecule has 0 aromatic heterocycles. The molecule has 1 saturated heterocycles. The molecule has 30 heavy (non-hydrogen) atoms. The van der Waals surface area contributed by atoms with E-state index in [-0.39, 0.29) is 18.2 Å². The maximum absolute atomic E-state index is 11.1. The molecule has 1 N–H and O–H groups in total. The Bertz CT molecular complexity index is 845. The number of benzene rings is 3. The molecule has 1 aliphatic rings. The van der Waals surface area contributed by atoms with Crippen molar-refractivity contribution in [2.24, 2.45) is 0 Å². The first kappa shape index (κ1) is 20.5. The molecule has 1 fully saturated rings. The van der Waals surface area contributed by atoms with Crippen LogP contribution in [0, 0.1) is 0 Å². The second-order valence-corrected chi connectivity index (χ2v) is 11.0. The Labute approximate surface area is 179 Å². The van der Waals surface area contributed by atoms with Crippen LogP contribution in [-0.4, -0.2) is 33.2 Å². The number of β-lactam (4-membered cyclic amide) rings is 1. The number of amides is 1. The molecule has 3 aromatic rings. The zero-order valence-electron chi connectivity index (χ0n) is 17.2. The van der Waals surface area contributed by atoms with E-state index in [1.54, 1.807) is 0 Å². The Kier molecular flexibility index (Phi) is 6.43. The smallest absolute Gasteiger partial charge is 0.288 e. The van der Waals surface area contributed by atoms with E-state index in [0.29, 0.717) is 13.0 Å². The van der Waals surface area contributed by atoms with Gasteiger partial charge in [0.15, 0.2) is 0 Å². The van der Waals surface area contributed by atoms with Crippen LogP contribution in [0.25, 0.3) is 0 Å². The first-order chi connectivity index (χ1) is 14.7. The van der Waals surface area contributed by atoms with Crippen molar-refractivity contribution in [3.63, 3.8) is 0 Å². The maximum Gasteiger partial charge on any atom is 0.288 e. The molecule has 1 heterocycles. The quantitative estimate of drug-likeness (QED) is 0.330. The third-order valence-electron chi connectivity index (χ3n) is 5.47. The van der Waals surface area contributed by atoms with Gasteiger partial charge in [-0.15, -0.1) is 0 Å². The number of rotatable bonds is 9. The van der Waals surface area contributed by atoms with E-state index in [1.807, 2.05) is 25.1 Å². The predicted molar refractivity (Wildman–Crippen MR) is 122 cm³/mol. The monoisotopic (exact) mass is 417 g/mol. The third kappa shape index (κ3) is 4.38. The Balaban J connectivity index is 1.62. The standard InChI is InChI=1S/C25H27NO3Si/c1-20(29-25-19-24(27)26-25)17-18-28-30(21-11-5-2-6-12-21,22-13-7-3-8-14-22)23-15-9-4-10-16-23/h2-16,20,25H,17-19H2,1H3,(H,26,27)/t20-,25-/m1/s1. The molecule has 4 nitrogen and oxygen atoms in total. The number of carbonyl (C=O) groups excluding carboxylic acids is 1. The lowest BCUT2D eigenvalue weighted by molar-refractivity contribution is -0.145. The summed E-state index contributed by atoms with van der Waals surface area (Å²) in [6.45, 7) is 2.61. The van der Waals surface area contributed by atoms with Crippen molar-refractivity contribution in [2.45, 2.75) is 32.1 Å². The number of ether oxygens (including phenoxy) is 1. The predicted octanol–water partition coefficient (Wildman–Crippen LogP) is 2.31. The molecular weight excluding hydrogens is 390 g/mol. The van der Waals surface area contributed by atoms with E-state index >= 15 is 0 Å². The highest BCUT2D eigenvalue weighted by Gasteiger charge is 2.41. The van der Waals surface area contributed by atoms with Gasteiger partial charge in [-0.3, -0.25) is 4.79 Å². The Morgan fingerprint density at radius 2 is 1.30 bits per heavy atom. The van der Waals surface area contributed by atoms with Crippen molar-refractivity contribution in [3.05, 3.63) is 91.0 Å². The van der Waals surface area contributed by atoms with Crippen molar-refractivity contribution in [2.75, 3.05) is 6.61 Å². The van der Waals surface area contributed by atoms with Crippen molar-refractivity contribution < 1.29 is 14.0 Å². The molecule has 154 valence electrons. The van der Waals surface area contributed by atoms with E-state index in [9.17, 15) is 4.79 Å². The van der Waals surface area contributed by atoms with Crippen LogP contribution >= 0.6 is 0 Å². The molecule has 1 amide bonds. The minimum atomic E-state index is -2.66. The third-order valence-corrected chi connectivity index (χ3v) is 9.55. The summed E-state index contributed by atoms with van der Waals surface area (Å²) < 4.78 is 12.8. The molecule has 0 aliphatic carbocycles. The summed E-state index contributed by atoms with van der Waals surface area (Å²) in [5.74, 6) is 0.0482.